The highest BCUT2D eigenvalue weighted by Crippen LogP contribution is 2.11. The van der Waals surface area contributed by atoms with Gasteiger partial charge in [-0.1, -0.05) is 46.1 Å². The molecule has 112 valence electrons. The van der Waals surface area contributed by atoms with Crippen LogP contribution in [0.3, 0.4) is 0 Å². The van der Waals surface area contributed by atoms with E-state index in [1.165, 1.54) is 44.6 Å². The Balaban J connectivity index is 3.93. The third-order valence-electron chi connectivity index (χ3n) is 3.50. The summed E-state index contributed by atoms with van der Waals surface area (Å²) in [6.45, 7) is 10.5. The van der Waals surface area contributed by atoms with Gasteiger partial charge in [-0.05, 0) is 19.3 Å². The van der Waals surface area contributed by atoms with Crippen molar-refractivity contribution in [2.24, 2.45) is 0 Å². The van der Waals surface area contributed by atoms with Gasteiger partial charge in [0, 0.05) is 6.08 Å². The molecule has 0 spiro atoms. The second-order valence-corrected chi connectivity index (χ2v) is 5.63. The number of hydrogen-bond acceptors (Lipinski definition) is 2. The number of esters is 1. The molecule has 0 heterocycles. The fourth-order valence-electron chi connectivity index (χ4n) is 2.33. The van der Waals surface area contributed by atoms with Crippen LogP contribution in [0, 0.1) is 0 Å². The van der Waals surface area contributed by atoms with E-state index in [1.54, 1.807) is 0 Å². The van der Waals surface area contributed by atoms with Crippen LogP contribution in [0.2, 0.25) is 0 Å². The lowest BCUT2D eigenvalue weighted by Crippen LogP contribution is -2.47. The van der Waals surface area contributed by atoms with Gasteiger partial charge >= 0.3 is 5.97 Å². The minimum Gasteiger partial charge on any atom is -0.412 e. The van der Waals surface area contributed by atoms with Gasteiger partial charge in [0.15, 0.2) is 0 Å². The number of ether oxygens (including phenoxy) is 1. The van der Waals surface area contributed by atoms with E-state index < -0.39 is 0 Å². The number of unbranched alkanes of at least 4 members (excludes halogenated alkanes) is 5. The van der Waals surface area contributed by atoms with E-state index in [-0.39, 0.29) is 5.97 Å². The topological polar surface area (TPSA) is 26.3 Å². The van der Waals surface area contributed by atoms with E-state index in [1.807, 2.05) is 0 Å². The van der Waals surface area contributed by atoms with Gasteiger partial charge in [-0.15, -0.1) is 0 Å². The quantitative estimate of drug-likeness (QED) is 0.177. The summed E-state index contributed by atoms with van der Waals surface area (Å²) in [5.74, 6) is -0.316. The molecule has 1 atom stereocenters. The average Bonchev–Trinajstić information content (AvgIpc) is 2.40. The summed E-state index contributed by atoms with van der Waals surface area (Å²) in [5.41, 5.74) is 0. The molecule has 0 aliphatic rings. The number of rotatable bonds is 12. The Morgan fingerprint density at radius 1 is 1.05 bits per heavy atom. The van der Waals surface area contributed by atoms with Crippen LogP contribution >= 0.6 is 0 Å². The highest BCUT2D eigenvalue weighted by Gasteiger charge is 2.21. The van der Waals surface area contributed by atoms with Crippen LogP contribution < -0.4 is 0 Å². The van der Waals surface area contributed by atoms with Crippen molar-refractivity contribution in [1.29, 1.82) is 0 Å². The number of quaternary nitrogens is 1. The minimum absolute atomic E-state index is 0.316. The minimum atomic E-state index is -0.316. The lowest BCUT2D eigenvalue weighted by Gasteiger charge is -2.33. The standard InChI is InChI=1S/C16H32NO2/c1-5-8-9-10-11-12-14-17(4,13-6-2)15-19-16(18)7-3/h7H,3,5-6,8-15H2,1-2,4H3/q+1. The Kier molecular flexibility index (Phi) is 10.6. The van der Waals surface area contributed by atoms with Crippen molar-refractivity contribution < 1.29 is 14.0 Å². The zero-order chi connectivity index (χ0) is 14.6. The van der Waals surface area contributed by atoms with Crippen molar-refractivity contribution in [3.63, 3.8) is 0 Å². The largest absolute Gasteiger partial charge is 0.412 e. The summed E-state index contributed by atoms with van der Waals surface area (Å²) in [6, 6.07) is 0. The molecule has 0 N–H and O–H groups in total. The summed E-state index contributed by atoms with van der Waals surface area (Å²) in [5, 5.41) is 0. The Bertz CT molecular complexity index is 253. The van der Waals surface area contributed by atoms with Crippen LogP contribution in [0.1, 0.15) is 58.8 Å². The monoisotopic (exact) mass is 270 g/mol. The van der Waals surface area contributed by atoms with Crippen LogP contribution in [0.4, 0.5) is 0 Å². The van der Waals surface area contributed by atoms with Crippen molar-refractivity contribution in [2.45, 2.75) is 58.8 Å². The number of carbonyl (C=O) groups is 1. The third-order valence-corrected chi connectivity index (χ3v) is 3.50. The van der Waals surface area contributed by atoms with Gasteiger partial charge < -0.3 is 4.74 Å². The van der Waals surface area contributed by atoms with Gasteiger partial charge in [0.25, 0.3) is 0 Å². The summed E-state index contributed by atoms with van der Waals surface area (Å²) in [7, 11) is 2.17. The maximum Gasteiger partial charge on any atom is 0.334 e. The van der Waals surface area contributed by atoms with E-state index >= 15 is 0 Å². The Morgan fingerprint density at radius 2 is 1.68 bits per heavy atom. The molecular formula is C16H32NO2+. The highest BCUT2D eigenvalue weighted by atomic mass is 16.5. The first-order valence-electron chi connectivity index (χ1n) is 7.70. The van der Waals surface area contributed by atoms with Gasteiger partial charge in [-0.2, -0.15) is 0 Å². The zero-order valence-corrected chi connectivity index (χ0v) is 13.1. The number of nitrogens with zero attached hydrogens (tertiary/aromatic N) is 1. The Labute approximate surface area is 119 Å². The van der Waals surface area contributed by atoms with E-state index in [0.29, 0.717) is 6.73 Å². The molecule has 0 aliphatic heterocycles. The van der Waals surface area contributed by atoms with Crippen molar-refractivity contribution in [3.8, 4) is 0 Å². The molecule has 0 saturated carbocycles. The van der Waals surface area contributed by atoms with Crippen molar-refractivity contribution in [2.75, 3.05) is 26.9 Å². The summed E-state index contributed by atoms with van der Waals surface area (Å²) >= 11 is 0. The molecule has 0 saturated heterocycles. The van der Waals surface area contributed by atoms with Crippen LogP contribution in [-0.4, -0.2) is 37.3 Å². The maximum absolute atomic E-state index is 11.2. The molecule has 3 heteroatoms. The second-order valence-electron chi connectivity index (χ2n) is 5.63. The molecule has 0 aromatic heterocycles. The first-order valence-corrected chi connectivity index (χ1v) is 7.70. The maximum atomic E-state index is 11.2. The van der Waals surface area contributed by atoms with E-state index in [0.717, 1.165) is 24.0 Å². The Hall–Kier alpha value is -0.830. The highest BCUT2D eigenvalue weighted by molar-refractivity contribution is 5.81. The molecule has 3 nitrogen and oxygen atoms in total. The lowest BCUT2D eigenvalue weighted by atomic mass is 10.1. The fraction of sp³-hybridized carbons (Fsp3) is 0.812. The van der Waals surface area contributed by atoms with Crippen LogP contribution in [0.25, 0.3) is 0 Å². The van der Waals surface area contributed by atoms with Gasteiger partial charge in [0.1, 0.15) is 0 Å². The van der Waals surface area contributed by atoms with Crippen molar-refractivity contribution in [3.05, 3.63) is 12.7 Å². The van der Waals surface area contributed by atoms with E-state index in [2.05, 4.69) is 27.5 Å². The normalized spacial score (nSPS) is 13.8. The Morgan fingerprint density at radius 3 is 2.26 bits per heavy atom. The molecule has 0 amide bonds. The molecule has 0 radical (unpaired) electrons. The number of hydrogen-bond donors (Lipinski definition) is 0. The molecule has 1 unspecified atom stereocenters. The van der Waals surface area contributed by atoms with Gasteiger partial charge in [-0.3, -0.25) is 4.48 Å². The van der Waals surface area contributed by atoms with Crippen molar-refractivity contribution >= 4 is 5.97 Å². The lowest BCUT2D eigenvalue weighted by molar-refractivity contribution is -0.925. The van der Waals surface area contributed by atoms with Gasteiger partial charge in [0.05, 0.1) is 20.1 Å². The zero-order valence-electron chi connectivity index (χ0n) is 13.1. The summed E-state index contributed by atoms with van der Waals surface area (Å²) < 4.78 is 6.04. The average molecular weight is 270 g/mol. The smallest absolute Gasteiger partial charge is 0.334 e. The summed E-state index contributed by atoms with van der Waals surface area (Å²) in [6.07, 6.45) is 10.2. The molecular weight excluding hydrogens is 238 g/mol. The second kappa shape index (κ2) is 11.0. The predicted molar refractivity (Wildman–Crippen MR) is 80.7 cm³/mol. The first-order chi connectivity index (χ1) is 9.08. The summed E-state index contributed by atoms with van der Waals surface area (Å²) in [4.78, 5) is 11.2. The fourth-order valence-corrected chi connectivity index (χ4v) is 2.33. The molecule has 0 bridgehead atoms. The van der Waals surface area contributed by atoms with Crippen LogP contribution in [0.5, 0.6) is 0 Å². The van der Waals surface area contributed by atoms with Gasteiger partial charge in [0.2, 0.25) is 6.73 Å². The molecule has 19 heavy (non-hydrogen) atoms. The third kappa shape index (κ3) is 9.71. The SMILES string of the molecule is C=CC(=O)OC[N+](C)(CCC)CCCCCCCC. The molecule has 0 rings (SSSR count). The van der Waals surface area contributed by atoms with E-state index in [4.69, 9.17) is 4.74 Å². The van der Waals surface area contributed by atoms with Crippen LogP contribution in [-0.2, 0) is 9.53 Å². The van der Waals surface area contributed by atoms with Crippen LogP contribution in [0.15, 0.2) is 12.7 Å². The van der Waals surface area contributed by atoms with E-state index in [9.17, 15) is 4.79 Å². The van der Waals surface area contributed by atoms with Crippen molar-refractivity contribution in [1.82, 2.24) is 0 Å². The number of carbonyl (C=O) groups excluding carboxylic acids is 1. The molecule has 0 aromatic rings. The first kappa shape index (κ1) is 18.2. The predicted octanol–water partition coefficient (Wildman–Crippen LogP) is 3.89. The van der Waals surface area contributed by atoms with Gasteiger partial charge in [-0.25, -0.2) is 4.79 Å². The molecule has 0 aromatic carbocycles. The molecule has 0 fully saturated rings. The molecule has 0 aliphatic carbocycles.